The molecule has 3 heteroatoms. The van der Waals surface area contributed by atoms with Gasteiger partial charge in [-0.15, -0.1) is 0 Å². The van der Waals surface area contributed by atoms with Gasteiger partial charge in [0.25, 0.3) is 0 Å². The zero-order valence-corrected chi connectivity index (χ0v) is 10.7. The second-order valence-corrected chi connectivity index (χ2v) is 4.88. The van der Waals surface area contributed by atoms with Crippen LogP contribution in [0.2, 0.25) is 0 Å². The fourth-order valence-electron chi connectivity index (χ4n) is 2.68. The van der Waals surface area contributed by atoms with E-state index in [2.05, 4.69) is 40.4 Å². The summed E-state index contributed by atoms with van der Waals surface area (Å²) in [4.78, 5) is 4.61. The van der Waals surface area contributed by atoms with Crippen LogP contribution in [0.1, 0.15) is 22.5 Å². The van der Waals surface area contributed by atoms with E-state index in [9.17, 15) is 0 Å². The first-order valence-electron chi connectivity index (χ1n) is 6.42. The van der Waals surface area contributed by atoms with Crippen molar-refractivity contribution in [1.82, 2.24) is 14.6 Å². The Morgan fingerprint density at radius 3 is 3.05 bits per heavy atom. The molecule has 0 amide bonds. The van der Waals surface area contributed by atoms with Gasteiger partial charge in [-0.3, -0.25) is 4.98 Å². The molecule has 0 N–H and O–H groups in total. The van der Waals surface area contributed by atoms with Gasteiger partial charge in [-0.1, -0.05) is 12.1 Å². The van der Waals surface area contributed by atoms with E-state index in [4.69, 9.17) is 0 Å². The van der Waals surface area contributed by atoms with Crippen LogP contribution >= 0.6 is 0 Å². The Kier molecular flexibility index (Phi) is 2.09. The summed E-state index contributed by atoms with van der Waals surface area (Å²) in [6.45, 7) is 2.04. The molecule has 4 rings (SSSR count). The second-order valence-electron chi connectivity index (χ2n) is 4.88. The van der Waals surface area contributed by atoms with E-state index in [1.54, 1.807) is 0 Å². The molecule has 19 heavy (non-hydrogen) atoms. The van der Waals surface area contributed by atoms with E-state index >= 15 is 0 Å². The van der Waals surface area contributed by atoms with Crippen molar-refractivity contribution in [3.8, 4) is 0 Å². The normalized spacial score (nSPS) is 13.6. The van der Waals surface area contributed by atoms with Crippen LogP contribution in [0.15, 0.2) is 48.8 Å². The minimum atomic E-state index is 0.927. The molecule has 3 aromatic heterocycles. The van der Waals surface area contributed by atoms with Crippen molar-refractivity contribution in [3.63, 3.8) is 0 Å². The van der Waals surface area contributed by atoms with Gasteiger partial charge >= 0.3 is 0 Å². The topological polar surface area (TPSA) is 30.2 Å². The third-order valence-electron chi connectivity index (χ3n) is 3.61. The minimum absolute atomic E-state index is 0.927. The summed E-state index contributed by atoms with van der Waals surface area (Å²) in [5.41, 5.74) is 7.16. The van der Waals surface area contributed by atoms with Crippen molar-refractivity contribution in [3.05, 3.63) is 71.3 Å². The number of pyridine rings is 2. The average molecular weight is 247 g/mol. The summed E-state index contributed by atoms with van der Waals surface area (Å²) >= 11 is 0. The van der Waals surface area contributed by atoms with Crippen LogP contribution in [0.3, 0.4) is 0 Å². The lowest BCUT2D eigenvalue weighted by molar-refractivity contribution is 0.960. The van der Waals surface area contributed by atoms with E-state index < -0.39 is 0 Å². The second kappa shape index (κ2) is 3.79. The van der Waals surface area contributed by atoms with Gasteiger partial charge < -0.3 is 0 Å². The molecule has 0 aromatic carbocycles. The van der Waals surface area contributed by atoms with E-state index in [-0.39, 0.29) is 0 Å². The molecule has 0 saturated carbocycles. The van der Waals surface area contributed by atoms with Gasteiger partial charge in [0.2, 0.25) is 0 Å². The van der Waals surface area contributed by atoms with E-state index in [0.717, 1.165) is 17.6 Å². The predicted molar refractivity (Wildman–Crippen MR) is 74.9 cm³/mol. The number of rotatable bonds is 1. The standard InChI is InChI=1S/C16H13N3/c1-11-2-3-15-14(4-5-16(15)18-11)12-7-9-19-13(10-12)6-8-17-19/h2-4,6-10H,5H2,1H3. The first-order valence-corrected chi connectivity index (χ1v) is 6.42. The van der Waals surface area contributed by atoms with Crippen LogP contribution in [0.25, 0.3) is 11.1 Å². The highest BCUT2D eigenvalue weighted by Crippen LogP contribution is 2.32. The maximum atomic E-state index is 4.61. The van der Waals surface area contributed by atoms with Crippen LogP contribution < -0.4 is 0 Å². The molecule has 0 bridgehead atoms. The van der Waals surface area contributed by atoms with Crippen molar-refractivity contribution in [2.24, 2.45) is 0 Å². The maximum Gasteiger partial charge on any atom is 0.0667 e. The SMILES string of the molecule is Cc1ccc2c(n1)CC=C2c1ccn2nccc2c1. The number of aromatic nitrogens is 3. The Morgan fingerprint density at radius 1 is 1.16 bits per heavy atom. The van der Waals surface area contributed by atoms with Gasteiger partial charge in [0, 0.05) is 30.1 Å². The zero-order chi connectivity index (χ0) is 12.8. The van der Waals surface area contributed by atoms with Crippen LogP contribution in [0.4, 0.5) is 0 Å². The van der Waals surface area contributed by atoms with Gasteiger partial charge in [-0.25, -0.2) is 4.52 Å². The van der Waals surface area contributed by atoms with Crippen LogP contribution in [-0.2, 0) is 6.42 Å². The van der Waals surface area contributed by atoms with Gasteiger partial charge in [0.05, 0.1) is 11.2 Å². The lowest BCUT2D eigenvalue weighted by Crippen LogP contribution is -1.93. The first-order chi connectivity index (χ1) is 9.31. The molecule has 0 saturated heterocycles. The van der Waals surface area contributed by atoms with Gasteiger partial charge in [0.1, 0.15) is 0 Å². The number of fused-ring (bicyclic) bond motifs is 2. The monoisotopic (exact) mass is 247 g/mol. The van der Waals surface area contributed by atoms with Crippen molar-refractivity contribution < 1.29 is 0 Å². The van der Waals surface area contributed by atoms with Crippen molar-refractivity contribution in [1.29, 1.82) is 0 Å². The predicted octanol–water partition coefficient (Wildman–Crippen LogP) is 3.03. The molecule has 0 atom stereocenters. The molecule has 1 aliphatic carbocycles. The fourth-order valence-corrected chi connectivity index (χ4v) is 2.68. The number of hydrogen-bond acceptors (Lipinski definition) is 2. The zero-order valence-electron chi connectivity index (χ0n) is 10.7. The Balaban J connectivity index is 1.86. The molecule has 0 radical (unpaired) electrons. The van der Waals surface area contributed by atoms with Gasteiger partial charge in [0.15, 0.2) is 0 Å². The maximum absolute atomic E-state index is 4.61. The Hall–Kier alpha value is -2.42. The van der Waals surface area contributed by atoms with E-state index in [1.807, 2.05) is 29.9 Å². The van der Waals surface area contributed by atoms with Crippen LogP contribution in [0, 0.1) is 6.92 Å². The Labute approximate surface area is 111 Å². The highest BCUT2D eigenvalue weighted by molar-refractivity contribution is 5.85. The highest BCUT2D eigenvalue weighted by Gasteiger charge is 2.17. The lowest BCUT2D eigenvalue weighted by Gasteiger charge is -2.07. The third kappa shape index (κ3) is 1.58. The summed E-state index contributed by atoms with van der Waals surface area (Å²) in [6.07, 6.45) is 7.02. The number of aryl methyl sites for hydroxylation is 1. The largest absolute Gasteiger partial charge is 0.257 e. The molecule has 3 nitrogen and oxygen atoms in total. The summed E-state index contributed by atoms with van der Waals surface area (Å²) in [6, 6.07) is 10.6. The molecule has 3 aromatic rings. The molecule has 0 aliphatic heterocycles. The molecule has 0 spiro atoms. The van der Waals surface area contributed by atoms with Crippen molar-refractivity contribution >= 4 is 11.1 Å². The van der Waals surface area contributed by atoms with Gasteiger partial charge in [-0.05, 0) is 42.3 Å². The van der Waals surface area contributed by atoms with E-state index in [0.29, 0.717) is 0 Å². The highest BCUT2D eigenvalue weighted by atomic mass is 15.2. The molecule has 92 valence electrons. The summed E-state index contributed by atoms with van der Waals surface area (Å²) in [7, 11) is 0. The molecule has 1 aliphatic rings. The average Bonchev–Trinajstić information content (AvgIpc) is 3.02. The lowest BCUT2D eigenvalue weighted by atomic mass is 10.0. The summed E-state index contributed by atoms with van der Waals surface area (Å²) in [5, 5.41) is 4.23. The molecular weight excluding hydrogens is 234 g/mol. The fraction of sp³-hybridized carbons (Fsp3) is 0.125. The minimum Gasteiger partial charge on any atom is -0.257 e. The molecule has 3 heterocycles. The quantitative estimate of drug-likeness (QED) is 0.661. The van der Waals surface area contributed by atoms with Crippen molar-refractivity contribution in [2.45, 2.75) is 13.3 Å². The Morgan fingerprint density at radius 2 is 2.11 bits per heavy atom. The third-order valence-corrected chi connectivity index (χ3v) is 3.61. The first kappa shape index (κ1) is 10.5. The van der Waals surface area contributed by atoms with Crippen LogP contribution in [-0.4, -0.2) is 14.6 Å². The Bertz CT molecular complexity index is 812. The smallest absolute Gasteiger partial charge is 0.0667 e. The summed E-state index contributed by atoms with van der Waals surface area (Å²) in [5.74, 6) is 0. The number of allylic oxidation sites excluding steroid dienone is 1. The van der Waals surface area contributed by atoms with Crippen molar-refractivity contribution in [2.75, 3.05) is 0 Å². The van der Waals surface area contributed by atoms with E-state index in [1.165, 1.54) is 22.4 Å². The molecular formula is C16H13N3. The molecule has 0 unspecified atom stereocenters. The number of hydrogen-bond donors (Lipinski definition) is 0. The summed E-state index contributed by atoms with van der Waals surface area (Å²) < 4.78 is 1.88. The molecule has 0 fully saturated rings. The van der Waals surface area contributed by atoms with Gasteiger partial charge in [-0.2, -0.15) is 5.10 Å². The van der Waals surface area contributed by atoms with Crippen LogP contribution in [0.5, 0.6) is 0 Å². The number of nitrogens with zero attached hydrogens (tertiary/aromatic N) is 3.